The molecule has 0 amide bonds. The van der Waals surface area contributed by atoms with E-state index in [1.54, 1.807) is 24.3 Å². The Morgan fingerprint density at radius 3 is 2.50 bits per heavy atom. The zero-order valence-corrected chi connectivity index (χ0v) is 12.0. The standard InChI is InChI=1S/C14H12BrNO4/c15-12-3-6-14(11(7-12)8-17)20-9-10-1-4-13(5-2-10)16(18)19/h1-7,17H,8-9H2. The lowest BCUT2D eigenvalue weighted by molar-refractivity contribution is -0.384. The van der Waals surface area contributed by atoms with E-state index in [9.17, 15) is 15.2 Å². The largest absolute Gasteiger partial charge is 0.489 e. The van der Waals surface area contributed by atoms with Crippen molar-refractivity contribution in [3.63, 3.8) is 0 Å². The van der Waals surface area contributed by atoms with E-state index < -0.39 is 4.92 Å². The Balaban J connectivity index is 2.06. The van der Waals surface area contributed by atoms with Gasteiger partial charge in [0.05, 0.1) is 11.5 Å². The number of non-ortho nitro benzene ring substituents is 1. The molecular formula is C14H12BrNO4. The lowest BCUT2D eigenvalue weighted by Crippen LogP contribution is -1.99. The van der Waals surface area contributed by atoms with Gasteiger partial charge in [0, 0.05) is 22.2 Å². The Bertz CT molecular complexity index is 613. The minimum atomic E-state index is -0.441. The molecule has 0 spiro atoms. The molecule has 0 aliphatic heterocycles. The summed E-state index contributed by atoms with van der Waals surface area (Å²) < 4.78 is 6.48. The molecule has 0 aliphatic rings. The minimum Gasteiger partial charge on any atom is -0.489 e. The Kier molecular flexibility index (Phi) is 4.70. The van der Waals surface area contributed by atoms with Crippen LogP contribution in [0.25, 0.3) is 0 Å². The van der Waals surface area contributed by atoms with Gasteiger partial charge in [0.15, 0.2) is 0 Å². The number of nitro groups is 1. The molecule has 0 bridgehead atoms. The van der Waals surface area contributed by atoms with Gasteiger partial charge in [-0.3, -0.25) is 10.1 Å². The molecule has 6 heteroatoms. The molecule has 0 atom stereocenters. The summed E-state index contributed by atoms with van der Waals surface area (Å²) in [5, 5.41) is 19.8. The number of halogens is 1. The molecule has 0 fully saturated rings. The van der Waals surface area contributed by atoms with Crippen LogP contribution in [0.15, 0.2) is 46.9 Å². The SMILES string of the molecule is O=[N+]([O-])c1ccc(COc2ccc(Br)cc2CO)cc1. The fourth-order valence-corrected chi connectivity index (χ4v) is 2.10. The minimum absolute atomic E-state index is 0.0495. The molecule has 0 aliphatic carbocycles. The van der Waals surface area contributed by atoms with E-state index in [0.717, 1.165) is 10.0 Å². The maximum atomic E-state index is 10.5. The van der Waals surface area contributed by atoms with E-state index in [1.165, 1.54) is 12.1 Å². The molecule has 2 aromatic carbocycles. The summed E-state index contributed by atoms with van der Waals surface area (Å²) in [5.41, 5.74) is 1.55. The first-order valence-corrected chi connectivity index (χ1v) is 6.65. The van der Waals surface area contributed by atoms with E-state index in [2.05, 4.69) is 15.9 Å². The first kappa shape index (κ1) is 14.5. The molecule has 104 valence electrons. The quantitative estimate of drug-likeness (QED) is 0.670. The van der Waals surface area contributed by atoms with Crippen LogP contribution in [-0.2, 0) is 13.2 Å². The highest BCUT2D eigenvalue weighted by Crippen LogP contribution is 2.24. The normalized spacial score (nSPS) is 10.3. The van der Waals surface area contributed by atoms with Gasteiger partial charge in [-0.1, -0.05) is 15.9 Å². The Morgan fingerprint density at radius 2 is 1.90 bits per heavy atom. The highest BCUT2D eigenvalue weighted by atomic mass is 79.9. The third kappa shape index (κ3) is 3.55. The van der Waals surface area contributed by atoms with Crippen LogP contribution in [0.5, 0.6) is 5.75 Å². The summed E-state index contributed by atoms with van der Waals surface area (Å²) in [6.45, 7) is 0.168. The highest BCUT2D eigenvalue weighted by Gasteiger charge is 2.06. The maximum absolute atomic E-state index is 10.5. The molecule has 5 nitrogen and oxygen atoms in total. The Morgan fingerprint density at radius 1 is 1.20 bits per heavy atom. The monoisotopic (exact) mass is 337 g/mol. The first-order valence-electron chi connectivity index (χ1n) is 5.85. The molecular weight excluding hydrogens is 326 g/mol. The van der Waals surface area contributed by atoms with Gasteiger partial charge in [0.2, 0.25) is 0 Å². The summed E-state index contributed by atoms with van der Waals surface area (Å²) >= 11 is 3.32. The van der Waals surface area contributed by atoms with Crippen LogP contribution in [0.1, 0.15) is 11.1 Å². The summed E-state index contributed by atoms with van der Waals surface area (Å²) in [7, 11) is 0. The fourth-order valence-electron chi connectivity index (χ4n) is 1.69. The van der Waals surface area contributed by atoms with Gasteiger partial charge in [-0.25, -0.2) is 0 Å². The molecule has 0 aromatic heterocycles. The number of ether oxygens (including phenoxy) is 1. The number of nitro benzene ring substituents is 1. The van der Waals surface area contributed by atoms with Crippen LogP contribution in [-0.4, -0.2) is 10.0 Å². The van der Waals surface area contributed by atoms with Gasteiger partial charge in [-0.2, -0.15) is 0 Å². The molecule has 2 aromatic rings. The second-order valence-corrected chi connectivity index (χ2v) is 5.04. The Hall–Kier alpha value is -1.92. The van der Waals surface area contributed by atoms with Gasteiger partial charge in [0.25, 0.3) is 5.69 Å². The predicted molar refractivity (Wildman–Crippen MR) is 77.5 cm³/mol. The lowest BCUT2D eigenvalue weighted by Gasteiger charge is -2.10. The number of hydrogen-bond acceptors (Lipinski definition) is 4. The van der Waals surface area contributed by atoms with Crippen molar-refractivity contribution in [2.45, 2.75) is 13.2 Å². The van der Waals surface area contributed by atoms with Crippen molar-refractivity contribution in [2.75, 3.05) is 0 Å². The van der Waals surface area contributed by atoms with Gasteiger partial charge in [-0.05, 0) is 35.9 Å². The van der Waals surface area contributed by atoms with Crippen molar-refractivity contribution < 1.29 is 14.8 Å². The predicted octanol–water partition coefficient (Wildman–Crippen LogP) is 3.43. The van der Waals surface area contributed by atoms with Crippen LogP contribution in [0, 0.1) is 10.1 Å². The number of benzene rings is 2. The number of nitrogens with zero attached hydrogens (tertiary/aromatic N) is 1. The van der Waals surface area contributed by atoms with Gasteiger partial charge >= 0.3 is 0 Å². The molecule has 0 unspecified atom stereocenters. The number of hydrogen-bond donors (Lipinski definition) is 1. The number of aliphatic hydroxyl groups is 1. The molecule has 2 rings (SSSR count). The molecule has 20 heavy (non-hydrogen) atoms. The third-order valence-corrected chi connectivity index (χ3v) is 3.23. The van der Waals surface area contributed by atoms with E-state index in [1.807, 2.05) is 6.07 Å². The van der Waals surface area contributed by atoms with E-state index in [0.29, 0.717) is 11.3 Å². The zero-order valence-electron chi connectivity index (χ0n) is 10.5. The second-order valence-electron chi connectivity index (χ2n) is 4.12. The average molecular weight is 338 g/mol. The van der Waals surface area contributed by atoms with E-state index in [-0.39, 0.29) is 18.9 Å². The smallest absolute Gasteiger partial charge is 0.269 e. The van der Waals surface area contributed by atoms with Crippen molar-refractivity contribution in [3.05, 3.63) is 68.2 Å². The van der Waals surface area contributed by atoms with Gasteiger partial charge in [0.1, 0.15) is 12.4 Å². The van der Waals surface area contributed by atoms with Crippen LogP contribution in [0.4, 0.5) is 5.69 Å². The van der Waals surface area contributed by atoms with Crippen molar-refractivity contribution in [1.29, 1.82) is 0 Å². The van der Waals surface area contributed by atoms with Crippen molar-refractivity contribution in [3.8, 4) is 5.75 Å². The van der Waals surface area contributed by atoms with Crippen LogP contribution in [0.2, 0.25) is 0 Å². The highest BCUT2D eigenvalue weighted by molar-refractivity contribution is 9.10. The summed E-state index contributed by atoms with van der Waals surface area (Å²) in [6.07, 6.45) is 0. The van der Waals surface area contributed by atoms with Crippen molar-refractivity contribution in [2.24, 2.45) is 0 Å². The molecule has 0 saturated heterocycles. The maximum Gasteiger partial charge on any atom is 0.269 e. The lowest BCUT2D eigenvalue weighted by atomic mass is 10.2. The van der Waals surface area contributed by atoms with Crippen molar-refractivity contribution in [1.82, 2.24) is 0 Å². The van der Waals surface area contributed by atoms with E-state index >= 15 is 0 Å². The first-order chi connectivity index (χ1) is 9.60. The molecule has 0 radical (unpaired) electrons. The third-order valence-electron chi connectivity index (χ3n) is 2.73. The van der Waals surface area contributed by atoms with Crippen LogP contribution in [0.3, 0.4) is 0 Å². The van der Waals surface area contributed by atoms with E-state index in [4.69, 9.17) is 4.74 Å². The van der Waals surface area contributed by atoms with Gasteiger partial charge < -0.3 is 9.84 Å². The molecule has 0 heterocycles. The second kappa shape index (κ2) is 6.49. The van der Waals surface area contributed by atoms with Crippen LogP contribution < -0.4 is 4.74 Å². The fraction of sp³-hybridized carbons (Fsp3) is 0.143. The molecule has 0 saturated carbocycles. The zero-order chi connectivity index (χ0) is 14.5. The molecule has 1 N–H and O–H groups in total. The number of rotatable bonds is 5. The van der Waals surface area contributed by atoms with Crippen LogP contribution >= 0.6 is 15.9 Å². The topological polar surface area (TPSA) is 72.6 Å². The number of aliphatic hydroxyl groups excluding tert-OH is 1. The average Bonchev–Trinajstić information content (AvgIpc) is 2.46. The van der Waals surface area contributed by atoms with Crippen molar-refractivity contribution >= 4 is 21.6 Å². The summed E-state index contributed by atoms with van der Waals surface area (Å²) in [6, 6.07) is 11.5. The summed E-state index contributed by atoms with van der Waals surface area (Å²) in [4.78, 5) is 10.1. The summed E-state index contributed by atoms with van der Waals surface area (Å²) in [5.74, 6) is 0.592. The van der Waals surface area contributed by atoms with Gasteiger partial charge in [-0.15, -0.1) is 0 Å². The Labute approximate surface area is 124 Å².